The van der Waals surface area contributed by atoms with E-state index in [1.807, 2.05) is 26.0 Å². The van der Waals surface area contributed by atoms with Crippen LogP contribution >= 0.6 is 0 Å². The Morgan fingerprint density at radius 1 is 1.19 bits per heavy atom. The number of amides is 1. The van der Waals surface area contributed by atoms with Gasteiger partial charge in [-0.15, -0.1) is 0 Å². The van der Waals surface area contributed by atoms with Crippen LogP contribution in [0.25, 0.3) is 10.9 Å². The lowest BCUT2D eigenvalue weighted by Crippen LogP contribution is -2.47. The number of pyridine rings is 1. The Labute approximate surface area is 151 Å². The van der Waals surface area contributed by atoms with Gasteiger partial charge in [0.05, 0.1) is 18.2 Å². The third-order valence-electron chi connectivity index (χ3n) is 4.17. The van der Waals surface area contributed by atoms with E-state index in [0.717, 1.165) is 5.39 Å². The topological polar surface area (TPSA) is 94.6 Å². The number of ether oxygens (including phenoxy) is 2. The van der Waals surface area contributed by atoms with Gasteiger partial charge in [-0.3, -0.25) is 9.78 Å². The molecule has 0 spiro atoms. The van der Waals surface area contributed by atoms with E-state index in [1.165, 1.54) is 7.11 Å². The molecule has 0 fully saturated rings. The van der Waals surface area contributed by atoms with Crippen LogP contribution in [0.4, 0.5) is 0 Å². The van der Waals surface area contributed by atoms with Crippen LogP contribution in [0.1, 0.15) is 30.6 Å². The Kier molecular flexibility index (Phi) is 6.66. The van der Waals surface area contributed by atoms with Crippen LogP contribution in [-0.2, 0) is 19.1 Å². The van der Waals surface area contributed by atoms with Crippen molar-refractivity contribution in [2.24, 2.45) is 5.92 Å². The van der Waals surface area contributed by atoms with Crippen molar-refractivity contribution in [3.63, 3.8) is 0 Å². The molecule has 0 saturated carbocycles. The molecule has 0 bridgehead atoms. The fourth-order valence-corrected chi connectivity index (χ4v) is 2.49. The minimum Gasteiger partial charge on any atom is -0.467 e. The summed E-state index contributed by atoms with van der Waals surface area (Å²) in [4.78, 5) is 40.4. The highest BCUT2D eigenvalue weighted by Crippen LogP contribution is 2.16. The fourth-order valence-electron chi connectivity index (χ4n) is 2.49. The largest absolute Gasteiger partial charge is 0.467 e. The number of para-hydroxylation sites is 1. The molecule has 1 aromatic carbocycles. The minimum absolute atomic E-state index is 0.107. The van der Waals surface area contributed by atoms with Gasteiger partial charge in [-0.2, -0.15) is 0 Å². The van der Waals surface area contributed by atoms with Gasteiger partial charge in [-0.05, 0) is 18.1 Å². The standard InChI is InChI=1S/C19H22N2O5/c1-4-12(2)16(19(24)25-3)21-15(22)11-26-18(23)14-9-5-7-13-8-6-10-20-17(13)14/h5-10,12,16H,4,11H2,1-3H3,(H,21,22)/t12-,16+/m0/s1. The monoisotopic (exact) mass is 358 g/mol. The van der Waals surface area contributed by atoms with Crippen molar-refractivity contribution >= 4 is 28.7 Å². The Balaban J connectivity index is 2.02. The van der Waals surface area contributed by atoms with Gasteiger partial charge in [0, 0.05) is 11.6 Å². The lowest BCUT2D eigenvalue weighted by atomic mass is 9.99. The van der Waals surface area contributed by atoms with Crippen LogP contribution in [0.15, 0.2) is 36.5 Å². The molecule has 0 aliphatic carbocycles. The van der Waals surface area contributed by atoms with Crippen LogP contribution in [0.2, 0.25) is 0 Å². The van der Waals surface area contributed by atoms with E-state index in [0.29, 0.717) is 11.9 Å². The molecule has 0 radical (unpaired) electrons. The van der Waals surface area contributed by atoms with Gasteiger partial charge in [0.15, 0.2) is 6.61 Å². The summed E-state index contributed by atoms with van der Waals surface area (Å²) in [5.41, 5.74) is 0.787. The number of aromatic nitrogens is 1. The first kappa shape index (κ1) is 19.4. The number of methoxy groups -OCH3 is 1. The molecule has 2 aromatic rings. The first-order valence-corrected chi connectivity index (χ1v) is 8.36. The maximum Gasteiger partial charge on any atom is 0.340 e. The number of rotatable bonds is 7. The highest BCUT2D eigenvalue weighted by molar-refractivity contribution is 6.03. The molecule has 7 heteroatoms. The van der Waals surface area contributed by atoms with E-state index in [4.69, 9.17) is 9.47 Å². The molecule has 0 unspecified atom stereocenters. The van der Waals surface area contributed by atoms with E-state index in [9.17, 15) is 14.4 Å². The van der Waals surface area contributed by atoms with E-state index in [-0.39, 0.29) is 11.5 Å². The van der Waals surface area contributed by atoms with E-state index >= 15 is 0 Å². The molecule has 1 heterocycles. The summed E-state index contributed by atoms with van der Waals surface area (Å²) in [5.74, 6) is -1.86. The van der Waals surface area contributed by atoms with Gasteiger partial charge in [0.1, 0.15) is 6.04 Å². The summed E-state index contributed by atoms with van der Waals surface area (Å²) < 4.78 is 9.79. The molecule has 1 amide bonds. The molecule has 0 aliphatic rings. The van der Waals surface area contributed by atoms with Crippen molar-refractivity contribution in [1.29, 1.82) is 0 Å². The first-order chi connectivity index (χ1) is 12.5. The molecular formula is C19H22N2O5. The van der Waals surface area contributed by atoms with Crippen molar-refractivity contribution in [1.82, 2.24) is 10.3 Å². The predicted octanol–water partition coefficient (Wildman–Crippen LogP) is 2.10. The number of carbonyl (C=O) groups excluding carboxylic acids is 3. The average Bonchev–Trinajstić information content (AvgIpc) is 2.68. The van der Waals surface area contributed by atoms with Crippen LogP contribution in [0, 0.1) is 5.92 Å². The van der Waals surface area contributed by atoms with Crippen LogP contribution < -0.4 is 5.32 Å². The molecule has 0 saturated heterocycles. The molecule has 0 aliphatic heterocycles. The highest BCUT2D eigenvalue weighted by atomic mass is 16.5. The summed E-state index contributed by atoms with van der Waals surface area (Å²) in [7, 11) is 1.26. The second kappa shape index (κ2) is 8.94. The number of nitrogens with one attached hydrogen (secondary N) is 1. The normalized spacial score (nSPS) is 12.9. The smallest absolute Gasteiger partial charge is 0.340 e. The lowest BCUT2D eigenvalue weighted by Gasteiger charge is -2.21. The van der Waals surface area contributed by atoms with Gasteiger partial charge < -0.3 is 14.8 Å². The van der Waals surface area contributed by atoms with Crippen molar-refractivity contribution in [2.75, 3.05) is 13.7 Å². The van der Waals surface area contributed by atoms with E-state index in [1.54, 1.807) is 24.4 Å². The SMILES string of the molecule is CC[C@H](C)[C@@H](NC(=O)COC(=O)c1cccc2cccnc12)C(=O)OC. The Morgan fingerprint density at radius 3 is 2.62 bits per heavy atom. The zero-order chi connectivity index (χ0) is 19.1. The third-order valence-corrected chi connectivity index (χ3v) is 4.17. The molecule has 26 heavy (non-hydrogen) atoms. The van der Waals surface area contributed by atoms with Crippen molar-refractivity contribution < 1.29 is 23.9 Å². The maximum absolute atomic E-state index is 12.3. The van der Waals surface area contributed by atoms with Gasteiger partial charge in [-0.25, -0.2) is 9.59 Å². The molecule has 2 rings (SSSR count). The van der Waals surface area contributed by atoms with Crippen LogP contribution in [0.3, 0.4) is 0 Å². The Bertz CT molecular complexity index is 800. The van der Waals surface area contributed by atoms with Gasteiger partial charge >= 0.3 is 11.9 Å². The second-order valence-electron chi connectivity index (χ2n) is 5.91. The minimum atomic E-state index is -0.782. The quantitative estimate of drug-likeness (QED) is 0.762. The summed E-state index contributed by atoms with van der Waals surface area (Å²) in [6, 6.07) is 7.96. The van der Waals surface area contributed by atoms with Crippen molar-refractivity contribution in [3.05, 3.63) is 42.1 Å². The number of fused-ring (bicyclic) bond motifs is 1. The second-order valence-corrected chi connectivity index (χ2v) is 5.91. The average molecular weight is 358 g/mol. The summed E-state index contributed by atoms with van der Waals surface area (Å²) in [6.45, 7) is 3.24. The summed E-state index contributed by atoms with van der Waals surface area (Å²) in [5, 5.41) is 3.36. The lowest BCUT2D eigenvalue weighted by molar-refractivity contribution is -0.147. The molecular weight excluding hydrogens is 336 g/mol. The highest BCUT2D eigenvalue weighted by Gasteiger charge is 2.27. The molecule has 2 atom stereocenters. The number of benzene rings is 1. The van der Waals surface area contributed by atoms with Crippen molar-refractivity contribution in [3.8, 4) is 0 Å². The van der Waals surface area contributed by atoms with Gasteiger partial charge in [-0.1, -0.05) is 38.5 Å². The van der Waals surface area contributed by atoms with Crippen LogP contribution in [0.5, 0.6) is 0 Å². The first-order valence-electron chi connectivity index (χ1n) is 8.36. The van der Waals surface area contributed by atoms with E-state index < -0.39 is 30.5 Å². The fraction of sp³-hybridized carbons (Fsp3) is 0.368. The number of hydrogen-bond donors (Lipinski definition) is 1. The molecule has 1 aromatic heterocycles. The van der Waals surface area contributed by atoms with Gasteiger partial charge in [0.25, 0.3) is 5.91 Å². The number of hydrogen-bond acceptors (Lipinski definition) is 6. The Morgan fingerprint density at radius 2 is 1.92 bits per heavy atom. The summed E-state index contributed by atoms with van der Waals surface area (Å²) in [6.07, 6.45) is 2.26. The number of nitrogens with zero attached hydrogens (tertiary/aromatic N) is 1. The van der Waals surface area contributed by atoms with E-state index in [2.05, 4.69) is 10.3 Å². The molecule has 1 N–H and O–H groups in total. The number of esters is 2. The molecule has 7 nitrogen and oxygen atoms in total. The zero-order valence-corrected chi connectivity index (χ0v) is 15.0. The predicted molar refractivity (Wildman–Crippen MR) is 95.4 cm³/mol. The zero-order valence-electron chi connectivity index (χ0n) is 15.0. The van der Waals surface area contributed by atoms with Gasteiger partial charge in [0.2, 0.25) is 0 Å². The van der Waals surface area contributed by atoms with Crippen molar-refractivity contribution in [2.45, 2.75) is 26.3 Å². The Hall–Kier alpha value is -2.96. The number of carbonyl (C=O) groups is 3. The van der Waals surface area contributed by atoms with Crippen LogP contribution in [-0.4, -0.2) is 42.6 Å². The maximum atomic E-state index is 12.3. The third kappa shape index (κ3) is 4.56. The summed E-state index contributed by atoms with van der Waals surface area (Å²) >= 11 is 0. The molecule has 138 valence electrons.